The highest BCUT2D eigenvalue weighted by Crippen LogP contribution is 2.23. The number of ether oxygens (including phenoxy) is 3. The second kappa shape index (κ2) is 8.43. The second-order valence-electron chi connectivity index (χ2n) is 6.72. The van der Waals surface area contributed by atoms with Crippen molar-refractivity contribution >= 4 is 5.97 Å². The highest BCUT2D eigenvalue weighted by atomic mass is 16.7. The topological polar surface area (TPSA) is 56.8 Å². The van der Waals surface area contributed by atoms with Gasteiger partial charge in [0.15, 0.2) is 6.29 Å². The molecule has 23 heavy (non-hydrogen) atoms. The number of methoxy groups -OCH3 is 1. The molecule has 1 atom stereocenters. The van der Waals surface area contributed by atoms with Crippen LogP contribution in [0.4, 0.5) is 0 Å². The zero-order valence-electron chi connectivity index (χ0n) is 14.2. The molecule has 1 fully saturated rings. The standard InChI is InChI=1S/C18H27NO4/c1-18(2)12-22-16(23-13-18)9-10-19-15(17(20)21-3)11-14-7-5-4-6-8-14/h4-8,15-16,19H,9-13H2,1-3H3. The molecule has 0 radical (unpaired) electrons. The first-order valence-electron chi connectivity index (χ1n) is 8.08. The Bertz CT molecular complexity index is 479. The van der Waals surface area contributed by atoms with E-state index in [9.17, 15) is 4.79 Å². The molecular formula is C18H27NO4. The smallest absolute Gasteiger partial charge is 0.323 e. The summed E-state index contributed by atoms with van der Waals surface area (Å²) in [6.07, 6.45) is 1.11. The summed E-state index contributed by atoms with van der Waals surface area (Å²) >= 11 is 0. The van der Waals surface area contributed by atoms with Crippen LogP contribution in [0.3, 0.4) is 0 Å². The highest BCUT2D eigenvalue weighted by Gasteiger charge is 2.28. The maximum absolute atomic E-state index is 11.9. The van der Waals surface area contributed by atoms with Gasteiger partial charge in [0.2, 0.25) is 0 Å². The molecule has 1 aromatic rings. The van der Waals surface area contributed by atoms with Crippen molar-refractivity contribution in [1.29, 1.82) is 0 Å². The second-order valence-corrected chi connectivity index (χ2v) is 6.72. The van der Waals surface area contributed by atoms with E-state index < -0.39 is 0 Å². The van der Waals surface area contributed by atoms with Crippen molar-refractivity contribution in [2.45, 2.75) is 39.0 Å². The molecule has 1 aromatic carbocycles. The molecule has 1 aliphatic rings. The molecule has 0 saturated carbocycles. The number of esters is 1. The number of carbonyl (C=O) groups is 1. The lowest BCUT2D eigenvalue weighted by Gasteiger charge is -2.34. The first-order chi connectivity index (χ1) is 11.0. The maximum atomic E-state index is 11.9. The number of rotatable bonds is 7. The molecule has 1 unspecified atom stereocenters. The van der Waals surface area contributed by atoms with Gasteiger partial charge < -0.3 is 19.5 Å². The Hall–Kier alpha value is -1.43. The Morgan fingerprint density at radius 2 is 1.96 bits per heavy atom. The lowest BCUT2D eigenvalue weighted by atomic mass is 9.95. The van der Waals surface area contributed by atoms with Crippen molar-refractivity contribution in [3.63, 3.8) is 0 Å². The van der Waals surface area contributed by atoms with Crippen LogP contribution >= 0.6 is 0 Å². The van der Waals surface area contributed by atoms with Crippen LogP contribution in [0.5, 0.6) is 0 Å². The Morgan fingerprint density at radius 3 is 2.57 bits per heavy atom. The minimum absolute atomic E-state index is 0.0752. The fourth-order valence-electron chi connectivity index (χ4n) is 2.50. The average Bonchev–Trinajstić information content (AvgIpc) is 2.55. The Balaban J connectivity index is 1.79. The molecule has 0 bridgehead atoms. The number of hydrogen-bond acceptors (Lipinski definition) is 5. The van der Waals surface area contributed by atoms with Crippen molar-refractivity contribution in [3.05, 3.63) is 35.9 Å². The molecule has 1 aliphatic heterocycles. The van der Waals surface area contributed by atoms with E-state index in [0.717, 1.165) is 5.56 Å². The van der Waals surface area contributed by atoms with Gasteiger partial charge in [-0.1, -0.05) is 44.2 Å². The summed E-state index contributed by atoms with van der Waals surface area (Å²) in [5, 5.41) is 3.25. The fraction of sp³-hybridized carbons (Fsp3) is 0.611. The quantitative estimate of drug-likeness (QED) is 0.780. The fourth-order valence-corrected chi connectivity index (χ4v) is 2.50. The van der Waals surface area contributed by atoms with Crippen LogP contribution in [0.2, 0.25) is 0 Å². The van der Waals surface area contributed by atoms with Crippen LogP contribution in [0, 0.1) is 5.41 Å². The molecule has 5 nitrogen and oxygen atoms in total. The summed E-state index contributed by atoms with van der Waals surface area (Å²) in [5.74, 6) is -0.250. The highest BCUT2D eigenvalue weighted by molar-refractivity contribution is 5.76. The zero-order valence-corrected chi connectivity index (χ0v) is 14.2. The lowest BCUT2D eigenvalue weighted by Crippen LogP contribution is -2.43. The van der Waals surface area contributed by atoms with Gasteiger partial charge in [-0.3, -0.25) is 4.79 Å². The SMILES string of the molecule is COC(=O)C(Cc1ccccc1)NCCC1OCC(C)(C)CO1. The first-order valence-corrected chi connectivity index (χ1v) is 8.08. The van der Waals surface area contributed by atoms with Crippen molar-refractivity contribution < 1.29 is 19.0 Å². The van der Waals surface area contributed by atoms with Gasteiger partial charge in [0.25, 0.3) is 0 Å². The van der Waals surface area contributed by atoms with E-state index >= 15 is 0 Å². The van der Waals surface area contributed by atoms with E-state index in [-0.39, 0.29) is 23.7 Å². The molecule has 128 valence electrons. The lowest BCUT2D eigenvalue weighted by molar-refractivity contribution is -0.223. The summed E-state index contributed by atoms with van der Waals surface area (Å²) in [5.41, 5.74) is 1.17. The van der Waals surface area contributed by atoms with Crippen LogP contribution in [0.25, 0.3) is 0 Å². The van der Waals surface area contributed by atoms with Gasteiger partial charge in [-0.2, -0.15) is 0 Å². The number of benzene rings is 1. The zero-order chi connectivity index (χ0) is 16.7. The normalized spacial score (nSPS) is 19.3. The van der Waals surface area contributed by atoms with Crippen LogP contribution in [0.15, 0.2) is 30.3 Å². The average molecular weight is 321 g/mol. The van der Waals surface area contributed by atoms with Gasteiger partial charge in [0.1, 0.15) is 6.04 Å². The van der Waals surface area contributed by atoms with Crippen molar-refractivity contribution in [3.8, 4) is 0 Å². The van der Waals surface area contributed by atoms with Gasteiger partial charge in [-0.05, 0) is 12.0 Å². The molecule has 0 aliphatic carbocycles. The molecule has 0 aromatic heterocycles. The summed E-state index contributed by atoms with van der Waals surface area (Å²) in [6, 6.07) is 9.55. The Kier molecular flexibility index (Phi) is 6.57. The van der Waals surface area contributed by atoms with Crippen molar-refractivity contribution in [2.24, 2.45) is 5.41 Å². The van der Waals surface area contributed by atoms with Crippen LogP contribution < -0.4 is 5.32 Å². The monoisotopic (exact) mass is 321 g/mol. The summed E-state index contributed by atoms with van der Waals surface area (Å²) in [4.78, 5) is 11.9. The van der Waals surface area contributed by atoms with Crippen LogP contribution in [0.1, 0.15) is 25.8 Å². The minimum atomic E-state index is -0.359. The number of nitrogens with one attached hydrogen (secondary N) is 1. The van der Waals surface area contributed by atoms with Crippen LogP contribution in [-0.2, 0) is 25.4 Å². The third kappa shape index (κ3) is 5.94. The molecule has 1 N–H and O–H groups in total. The van der Waals surface area contributed by atoms with Gasteiger partial charge >= 0.3 is 5.97 Å². The maximum Gasteiger partial charge on any atom is 0.323 e. The molecule has 2 rings (SSSR count). The van der Waals surface area contributed by atoms with Gasteiger partial charge in [0, 0.05) is 18.4 Å². The van der Waals surface area contributed by atoms with E-state index in [4.69, 9.17) is 14.2 Å². The van der Waals surface area contributed by atoms with Gasteiger partial charge in [-0.15, -0.1) is 0 Å². The largest absolute Gasteiger partial charge is 0.468 e. The number of carbonyl (C=O) groups excluding carboxylic acids is 1. The predicted molar refractivity (Wildman–Crippen MR) is 88.0 cm³/mol. The van der Waals surface area contributed by atoms with E-state index in [0.29, 0.717) is 32.6 Å². The summed E-state index contributed by atoms with van der Waals surface area (Å²) < 4.78 is 16.3. The van der Waals surface area contributed by atoms with Gasteiger partial charge in [0.05, 0.1) is 20.3 Å². The first kappa shape index (κ1) is 17.9. The summed E-state index contributed by atoms with van der Waals surface area (Å²) in [6.45, 7) is 6.27. The Morgan fingerprint density at radius 1 is 1.30 bits per heavy atom. The molecule has 0 spiro atoms. The summed E-state index contributed by atoms with van der Waals surface area (Å²) in [7, 11) is 1.41. The van der Waals surface area contributed by atoms with E-state index in [1.54, 1.807) is 0 Å². The van der Waals surface area contributed by atoms with Crippen LogP contribution in [-0.4, -0.2) is 45.2 Å². The molecular weight excluding hydrogens is 294 g/mol. The molecule has 5 heteroatoms. The third-order valence-electron chi connectivity index (χ3n) is 3.86. The van der Waals surface area contributed by atoms with E-state index in [1.807, 2.05) is 30.3 Å². The van der Waals surface area contributed by atoms with E-state index in [2.05, 4.69) is 19.2 Å². The Labute approximate surface area is 138 Å². The van der Waals surface area contributed by atoms with Crippen molar-refractivity contribution in [2.75, 3.05) is 26.9 Å². The molecule has 1 heterocycles. The molecule has 1 saturated heterocycles. The third-order valence-corrected chi connectivity index (χ3v) is 3.86. The number of hydrogen-bond donors (Lipinski definition) is 1. The van der Waals surface area contributed by atoms with Gasteiger partial charge in [-0.25, -0.2) is 0 Å². The predicted octanol–water partition coefficient (Wildman–Crippen LogP) is 2.15. The van der Waals surface area contributed by atoms with E-state index in [1.165, 1.54) is 7.11 Å². The van der Waals surface area contributed by atoms with Crippen molar-refractivity contribution in [1.82, 2.24) is 5.32 Å². The minimum Gasteiger partial charge on any atom is -0.468 e. The molecule has 0 amide bonds.